The van der Waals surface area contributed by atoms with Crippen molar-refractivity contribution in [1.29, 1.82) is 0 Å². The number of aromatic hydroxyl groups is 1. The average molecular weight is 691 g/mol. The molecule has 4 unspecified atom stereocenters. The summed E-state index contributed by atoms with van der Waals surface area (Å²) in [5.41, 5.74) is 10.8. The number of carbonyl (C=O) groups excluding carboxylic acids is 3. The van der Waals surface area contributed by atoms with Gasteiger partial charge in [-0.15, -0.1) is 0 Å². The van der Waals surface area contributed by atoms with Gasteiger partial charge in [0.05, 0.1) is 12.4 Å². The summed E-state index contributed by atoms with van der Waals surface area (Å²) in [5.74, 6) is -3.24. The van der Waals surface area contributed by atoms with E-state index in [-0.39, 0.29) is 31.4 Å². The number of nitrogens with two attached hydrogens (primary N) is 1. The number of nitrogens with zero attached hydrogens (tertiary/aromatic N) is 1. The zero-order valence-corrected chi connectivity index (χ0v) is 27.4. The van der Waals surface area contributed by atoms with E-state index in [1.807, 2.05) is 48.5 Å². The molecule has 3 heterocycles. The first-order chi connectivity index (χ1) is 24.6. The number of amides is 3. The Morgan fingerprint density at radius 3 is 1.80 bits per heavy atom. The second-order valence-electron chi connectivity index (χ2n) is 12.4. The highest BCUT2D eigenvalue weighted by molar-refractivity contribution is 5.95. The van der Waals surface area contributed by atoms with E-state index < -0.39 is 47.9 Å². The van der Waals surface area contributed by atoms with Crippen molar-refractivity contribution >= 4 is 45.5 Å². The predicted octanol–water partition coefficient (Wildman–Crippen LogP) is 2.21. The lowest BCUT2D eigenvalue weighted by atomic mass is 10.0. The van der Waals surface area contributed by atoms with E-state index >= 15 is 0 Å². The van der Waals surface area contributed by atoms with Crippen LogP contribution in [0.4, 0.5) is 0 Å². The van der Waals surface area contributed by atoms with Gasteiger partial charge in [-0.2, -0.15) is 0 Å². The van der Waals surface area contributed by atoms with Crippen LogP contribution in [0.25, 0.3) is 21.8 Å². The average Bonchev–Trinajstić information content (AvgIpc) is 3.89. The Morgan fingerprint density at radius 2 is 1.22 bits per heavy atom. The van der Waals surface area contributed by atoms with Gasteiger partial charge in [0, 0.05) is 65.4 Å². The van der Waals surface area contributed by atoms with Crippen molar-refractivity contribution < 1.29 is 29.4 Å². The molecule has 14 nitrogen and oxygen atoms in total. The monoisotopic (exact) mass is 690 g/mol. The summed E-state index contributed by atoms with van der Waals surface area (Å²) in [5, 5.41) is 29.5. The number of phenols is 1. The number of aromatic nitrogens is 4. The number of para-hydroxylation sites is 2. The molecule has 0 aliphatic carbocycles. The molecule has 6 aromatic rings. The van der Waals surface area contributed by atoms with Gasteiger partial charge in [-0.1, -0.05) is 48.5 Å². The molecule has 0 aliphatic rings. The first kappa shape index (κ1) is 34.5. The molecule has 0 aliphatic heterocycles. The Balaban J connectivity index is 1.23. The van der Waals surface area contributed by atoms with E-state index in [4.69, 9.17) is 5.73 Å². The van der Waals surface area contributed by atoms with Gasteiger partial charge < -0.3 is 46.8 Å². The fourth-order valence-electron chi connectivity index (χ4n) is 6.08. The number of hydrogen-bond acceptors (Lipinski definition) is 7. The van der Waals surface area contributed by atoms with Crippen molar-refractivity contribution in [2.24, 2.45) is 5.73 Å². The second-order valence-corrected chi connectivity index (χ2v) is 12.4. The molecule has 10 N–H and O–H groups in total. The zero-order chi connectivity index (χ0) is 35.9. The summed E-state index contributed by atoms with van der Waals surface area (Å²) in [7, 11) is 0. The maximum atomic E-state index is 14.0. The lowest BCUT2D eigenvalue weighted by Gasteiger charge is -2.25. The molecule has 3 aromatic heterocycles. The van der Waals surface area contributed by atoms with Crippen LogP contribution in [0.15, 0.2) is 97.7 Å². The summed E-state index contributed by atoms with van der Waals surface area (Å²) >= 11 is 0. The van der Waals surface area contributed by atoms with E-state index in [1.54, 1.807) is 24.5 Å². The quantitative estimate of drug-likeness (QED) is 0.0774. The lowest BCUT2D eigenvalue weighted by molar-refractivity contribution is -0.142. The molecule has 262 valence electrons. The van der Waals surface area contributed by atoms with Gasteiger partial charge in [-0.05, 0) is 47.4 Å². The standard InChI is InChI=1S/C37H38N8O6/c38-28(14-22-17-40-29-7-3-1-5-26(22)29)34(47)43-32(16-24-19-39-20-42-24)36(49)44-31(15-23-18-41-30-8-4-2-6-27(23)30)35(48)45-33(37(50)51)13-21-9-11-25(46)12-10-21/h1-12,17-20,28,31-33,40-41,46H,13-16,38H2,(H,39,42)(H,43,47)(H,44,49)(H,45,48)(H,50,51). The normalized spacial score (nSPS) is 13.7. The van der Waals surface area contributed by atoms with Gasteiger partial charge in [0.25, 0.3) is 0 Å². The van der Waals surface area contributed by atoms with Crippen LogP contribution in [0.3, 0.4) is 0 Å². The molecule has 0 bridgehead atoms. The number of benzene rings is 3. The molecule has 51 heavy (non-hydrogen) atoms. The number of carboxylic acid groups (broad SMARTS) is 1. The fourth-order valence-corrected chi connectivity index (χ4v) is 6.08. The van der Waals surface area contributed by atoms with Gasteiger partial charge in [0.2, 0.25) is 17.7 Å². The molecule has 0 radical (unpaired) electrons. The third-order valence-corrected chi connectivity index (χ3v) is 8.79. The molecule has 0 saturated heterocycles. The predicted molar refractivity (Wildman–Crippen MR) is 190 cm³/mol. The molecule has 4 atom stereocenters. The van der Waals surface area contributed by atoms with Crippen molar-refractivity contribution in [3.63, 3.8) is 0 Å². The Bertz CT molecular complexity index is 2140. The smallest absolute Gasteiger partial charge is 0.326 e. The highest BCUT2D eigenvalue weighted by Crippen LogP contribution is 2.21. The van der Waals surface area contributed by atoms with Crippen LogP contribution in [-0.4, -0.2) is 78.0 Å². The zero-order valence-electron chi connectivity index (χ0n) is 27.4. The van der Waals surface area contributed by atoms with E-state index in [2.05, 4.69) is 35.9 Å². The molecule has 3 aromatic carbocycles. The number of H-pyrrole nitrogens is 3. The van der Waals surface area contributed by atoms with Gasteiger partial charge in [-0.25, -0.2) is 9.78 Å². The highest BCUT2D eigenvalue weighted by Gasteiger charge is 2.32. The minimum Gasteiger partial charge on any atom is -0.508 e. The number of aliphatic carboxylic acids is 1. The first-order valence-electron chi connectivity index (χ1n) is 16.4. The largest absolute Gasteiger partial charge is 0.508 e. The Hall–Kier alpha value is -6.41. The Morgan fingerprint density at radius 1 is 0.667 bits per heavy atom. The number of carbonyl (C=O) groups is 4. The number of carboxylic acids is 1. The maximum absolute atomic E-state index is 14.0. The molecule has 14 heteroatoms. The first-order valence-corrected chi connectivity index (χ1v) is 16.4. The van der Waals surface area contributed by atoms with Gasteiger partial charge in [0.1, 0.15) is 23.9 Å². The van der Waals surface area contributed by atoms with Crippen LogP contribution >= 0.6 is 0 Å². The number of fused-ring (bicyclic) bond motifs is 2. The second kappa shape index (κ2) is 15.4. The van der Waals surface area contributed by atoms with Crippen LogP contribution in [0, 0.1) is 0 Å². The van der Waals surface area contributed by atoms with Crippen molar-refractivity contribution in [3.05, 3.63) is 120 Å². The Labute approximate surface area is 291 Å². The molecule has 0 fully saturated rings. The van der Waals surface area contributed by atoms with Crippen LogP contribution in [0.1, 0.15) is 22.4 Å². The summed E-state index contributed by atoms with van der Waals surface area (Å²) in [6.07, 6.45) is 6.66. The van der Waals surface area contributed by atoms with E-state index in [0.29, 0.717) is 16.8 Å². The van der Waals surface area contributed by atoms with Gasteiger partial charge in [0.15, 0.2) is 0 Å². The molecule has 3 amide bonds. The van der Waals surface area contributed by atoms with Crippen molar-refractivity contribution in [2.45, 2.75) is 49.9 Å². The molecular weight excluding hydrogens is 652 g/mol. The van der Waals surface area contributed by atoms with Crippen LogP contribution < -0.4 is 21.7 Å². The number of phenolic OH excluding ortho intramolecular Hbond substituents is 1. The van der Waals surface area contributed by atoms with Crippen LogP contribution in [0.2, 0.25) is 0 Å². The van der Waals surface area contributed by atoms with E-state index in [0.717, 1.165) is 27.4 Å². The molecule has 0 spiro atoms. The number of rotatable bonds is 15. The lowest BCUT2D eigenvalue weighted by Crippen LogP contribution is -2.58. The summed E-state index contributed by atoms with van der Waals surface area (Å²) in [6, 6.07) is 16.3. The summed E-state index contributed by atoms with van der Waals surface area (Å²) in [6.45, 7) is 0. The molecule has 0 saturated carbocycles. The molecular formula is C37H38N8O6. The van der Waals surface area contributed by atoms with Gasteiger partial charge >= 0.3 is 5.97 Å². The summed E-state index contributed by atoms with van der Waals surface area (Å²) < 4.78 is 0. The number of hydrogen-bond donors (Lipinski definition) is 9. The van der Waals surface area contributed by atoms with Crippen LogP contribution in [0.5, 0.6) is 5.75 Å². The van der Waals surface area contributed by atoms with Crippen molar-refractivity contribution in [1.82, 2.24) is 35.9 Å². The minimum absolute atomic E-state index is 0.0113. The number of imidazole rings is 1. The maximum Gasteiger partial charge on any atom is 0.326 e. The van der Waals surface area contributed by atoms with E-state index in [1.165, 1.54) is 24.7 Å². The van der Waals surface area contributed by atoms with Crippen molar-refractivity contribution in [2.75, 3.05) is 0 Å². The fraction of sp³-hybridized carbons (Fsp3) is 0.216. The third kappa shape index (κ3) is 8.43. The Kier molecular flexibility index (Phi) is 10.4. The topological polar surface area (TPSA) is 231 Å². The third-order valence-electron chi connectivity index (χ3n) is 8.79. The highest BCUT2D eigenvalue weighted by atomic mass is 16.4. The molecule has 6 rings (SSSR count). The van der Waals surface area contributed by atoms with Crippen LogP contribution in [-0.2, 0) is 44.9 Å². The summed E-state index contributed by atoms with van der Waals surface area (Å²) in [4.78, 5) is 67.0. The number of aromatic amines is 3. The minimum atomic E-state index is -1.34. The van der Waals surface area contributed by atoms with Gasteiger partial charge in [-0.3, -0.25) is 14.4 Å². The van der Waals surface area contributed by atoms with E-state index in [9.17, 15) is 29.4 Å². The van der Waals surface area contributed by atoms with Crippen molar-refractivity contribution in [3.8, 4) is 5.75 Å². The SMILES string of the molecule is NC(Cc1c[nH]c2ccccc12)C(=O)NC(Cc1cnc[nH]1)C(=O)NC(Cc1c[nH]c2ccccc12)C(=O)NC(Cc1ccc(O)cc1)C(=O)O. The number of nitrogens with one attached hydrogen (secondary N) is 6.